The Hall–Kier alpha value is -3.34. The third-order valence-electron chi connectivity index (χ3n) is 3.86. The summed E-state index contributed by atoms with van der Waals surface area (Å²) in [7, 11) is 2.93. The summed E-state index contributed by atoms with van der Waals surface area (Å²) >= 11 is 0. The van der Waals surface area contributed by atoms with E-state index in [1.165, 1.54) is 7.11 Å². The first-order valence-corrected chi connectivity index (χ1v) is 7.59. The highest BCUT2D eigenvalue weighted by Crippen LogP contribution is 2.36. The Morgan fingerprint density at radius 3 is 2.36 bits per heavy atom. The number of methoxy groups -OCH3 is 2. The number of hydrogen-bond acceptors (Lipinski definition) is 5. The summed E-state index contributed by atoms with van der Waals surface area (Å²) in [5.41, 5.74) is 2.58. The molecule has 5 heteroatoms. The fourth-order valence-corrected chi connectivity index (χ4v) is 2.67. The Morgan fingerprint density at radius 2 is 1.76 bits per heavy atom. The molecule has 0 aliphatic carbocycles. The predicted molar refractivity (Wildman–Crippen MR) is 92.9 cm³/mol. The number of carbonyl (C=O) groups excluding carboxylic acids is 2. The van der Waals surface area contributed by atoms with Gasteiger partial charge in [-0.1, -0.05) is 24.3 Å². The van der Waals surface area contributed by atoms with Crippen LogP contribution in [0.1, 0.15) is 20.9 Å². The molecular weight excluding hydrogens is 320 g/mol. The van der Waals surface area contributed by atoms with Crippen LogP contribution in [0, 0.1) is 0 Å². The van der Waals surface area contributed by atoms with Gasteiger partial charge in [0.05, 0.1) is 19.8 Å². The van der Waals surface area contributed by atoms with E-state index in [9.17, 15) is 9.59 Å². The van der Waals surface area contributed by atoms with Crippen molar-refractivity contribution in [2.75, 3.05) is 14.2 Å². The van der Waals surface area contributed by atoms with Crippen LogP contribution in [-0.2, 0) is 4.74 Å². The van der Waals surface area contributed by atoms with Gasteiger partial charge in [0.2, 0.25) is 0 Å². The van der Waals surface area contributed by atoms with Crippen molar-refractivity contribution in [2.45, 2.75) is 0 Å². The molecular formula is C20H16O5. The lowest BCUT2D eigenvalue weighted by atomic mass is 9.93. The average Bonchev–Trinajstić information content (AvgIpc) is 3.16. The van der Waals surface area contributed by atoms with Crippen molar-refractivity contribution in [2.24, 2.45) is 0 Å². The normalized spacial score (nSPS) is 10.3. The molecule has 1 heterocycles. The summed E-state index contributed by atoms with van der Waals surface area (Å²) in [5, 5.41) is 0. The van der Waals surface area contributed by atoms with Crippen LogP contribution < -0.4 is 4.74 Å². The molecule has 3 rings (SSSR count). The van der Waals surface area contributed by atoms with Gasteiger partial charge in [0, 0.05) is 11.1 Å². The van der Waals surface area contributed by atoms with E-state index in [4.69, 9.17) is 13.9 Å². The zero-order valence-corrected chi connectivity index (χ0v) is 13.8. The highest BCUT2D eigenvalue weighted by molar-refractivity contribution is 6.01. The first-order valence-electron chi connectivity index (χ1n) is 7.59. The van der Waals surface area contributed by atoms with E-state index in [1.54, 1.807) is 31.4 Å². The molecule has 25 heavy (non-hydrogen) atoms. The van der Waals surface area contributed by atoms with Gasteiger partial charge in [0.1, 0.15) is 11.5 Å². The summed E-state index contributed by atoms with van der Waals surface area (Å²) in [6.07, 6.45) is 0.640. The molecule has 2 aromatic carbocycles. The first kappa shape index (κ1) is 16.5. The molecule has 126 valence electrons. The second-order valence-corrected chi connectivity index (χ2v) is 5.27. The average molecular weight is 336 g/mol. The molecule has 0 aliphatic heterocycles. The lowest BCUT2D eigenvalue weighted by Gasteiger charge is -2.13. The van der Waals surface area contributed by atoms with Crippen LogP contribution in [0.4, 0.5) is 0 Å². The number of hydrogen-bond donors (Lipinski definition) is 0. The van der Waals surface area contributed by atoms with Crippen molar-refractivity contribution in [1.82, 2.24) is 0 Å². The number of furan rings is 1. The van der Waals surface area contributed by atoms with Crippen LogP contribution in [0.25, 0.3) is 22.5 Å². The number of rotatable bonds is 5. The third-order valence-corrected chi connectivity index (χ3v) is 3.86. The first-order chi connectivity index (χ1) is 12.2. The minimum Gasteiger partial charge on any atom is -0.497 e. The smallest absolute Gasteiger partial charge is 0.338 e. The second kappa shape index (κ2) is 7.05. The van der Waals surface area contributed by atoms with Gasteiger partial charge in [0.25, 0.3) is 0 Å². The molecule has 1 aromatic heterocycles. The van der Waals surface area contributed by atoms with Gasteiger partial charge >= 0.3 is 5.97 Å². The molecule has 0 saturated carbocycles. The van der Waals surface area contributed by atoms with Gasteiger partial charge in [-0.2, -0.15) is 0 Å². The predicted octanol–water partition coefficient (Wildman–Crippen LogP) is 4.22. The SMILES string of the molecule is COC(=O)c1cccc(-c2ccc(C=O)o2)c1-c1ccc(OC)cc1. The van der Waals surface area contributed by atoms with Crippen molar-refractivity contribution < 1.29 is 23.5 Å². The van der Waals surface area contributed by atoms with Crippen LogP contribution in [0.5, 0.6) is 5.75 Å². The molecule has 0 unspecified atom stereocenters. The lowest BCUT2D eigenvalue weighted by molar-refractivity contribution is 0.0601. The van der Waals surface area contributed by atoms with E-state index in [1.807, 2.05) is 30.3 Å². The Kier molecular flexibility index (Phi) is 4.66. The van der Waals surface area contributed by atoms with Gasteiger partial charge < -0.3 is 13.9 Å². The number of ether oxygens (including phenoxy) is 2. The zero-order chi connectivity index (χ0) is 17.8. The summed E-state index contributed by atoms with van der Waals surface area (Å²) in [6, 6.07) is 15.9. The van der Waals surface area contributed by atoms with Crippen molar-refractivity contribution in [3.8, 4) is 28.2 Å². The van der Waals surface area contributed by atoms with E-state index < -0.39 is 5.97 Å². The Balaban J connectivity index is 2.23. The fourth-order valence-electron chi connectivity index (χ4n) is 2.67. The topological polar surface area (TPSA) is 65.7 Å². The van der Waals surface area contributed by atoms with E-state index >= 15 is 0 Å². The van der Waals surface area contributed by atoms with E-state index in [2.05, 4.69) is 0 Å². The summed E-state index contributed by atoms with van der Waals surface area (Å²) < 4.78 is 15.6. The van der Waals surface area contributed by atoms with Gasteiger partial charge in [-0.15, -0.1) is 0 Å². The molecule has 0 saturated heterocycles. The fraction of sp³-hybridized carbons (Fsp3) is 0.100. The standard InChI is InChI=1S/C20H16O5/c1-23-14-8-6-13(7-9-14)19-16(18-11-10-15(12-21)25-18)4-3-5-17(19)20(22)24-2/h3-12H,1-2H3. The minimum atomic E-state index is -0.449. The molecule has 0 bridgehead atoms. The monoisotopic (exact) mass is 336 g/mol. The van der Waals surface area contributed by atoms with Crippen molar-refractivity contribution in [3.63, 3.8) is 0 Å². The van der Waals surface area contributed by atoms with Gasteiger partial charge in [-0.05, 0) is 35.9 Å². The zero-order valence-electron chi connectivity index (χ0n) is 13.8. The quantitative estimate of drug-likeness (QED) is 0.515. The summed E-state index contributed by atoms with van der Waals surface area (Å²) in [4.78, 5) is 23.2. The van der Waals surface area contributed by atoms with Gasteiger partial charge in [0.15, 0.2) is 12.0 Å². The maximum atomic E-state index is 12.2. The molecule has 0 fully saturated rings. The minimum absolute atomic E-state index is 0.221. The highest BCUT2D eigenvalue weighted by Gasteiger charge is 2.19. The maximum Gasteiger partial charge on any atom is 0.338 e. The number of benzene rings is 2. The number of aldehydes is 1. The van der Waals surface area contributed by atoms with Crippen LogP contribution in [0.15, 0.2) is 59.0 Å². The largest absolute Gasteiger partial charge is 0.497 e. The third kappa shape index (κ3) is 3.17. The molecule has 0 N–H and O–H groups in total. The number of esters is 1. The van der Waals surface area contributed by atoms with Crippen LogP contribution >= 0.6 is 0 Å². The molecule has 0 amide bonds. The van der Waals surface area contributed by atoms with Crippen LogP contribution in [-0.4, -0.2) is 26.5 Å². The Morgan fingerprint density at radius 1 is 1.00 bits per heavy atom. The Bertz CT molecular complexity index is 906. The molecule has 0 aliphatic rings. The molecule has 3 aromatic rings. The maximum absolute atomic E-state index is 12.2. The summed E-state index contributed by atoms with van der Waals surface area (Å²) in [6.45, 7) is 0. The van der Waals surface area contributed by atoms with Crippen molar-refractivity contribution in [3.05, 3.63) is 65.9 Å². The number of carbonyl (C=O) groups is 2. The molecule has 5 nitrogen and oxygen atoms in total. The Labute approximate surface area is 144 Å². The molecule has 0 atom stereocenters. The van der Waals surface area contributed by atoms with Gasteiger partial charge in [-0.3, -0.25) is 4.79 Å². The second-order valence-electron chi connectivity index (χ2n) is 5.27. The van der Waals surface area contributed by atoms with Crippen LogP contribution in [0.2, 0.25) is 0 Å². The van der Waals surface area contributed by atoms with Crippen LogP contribution in [0.3, 0.4) is 0 Å². The lowest BCUT2D eigenvalue weighted by Crippen LogP contribution is -2.04. The van der Waals surface area contributed by atoms with Gasteiger partial charge in [-0.25, -0.2) is 4.79 Å². The van der Waals surface area contributed by atoms with Crippen molar-refractivity contribution in [1.29, 1.82) is 0 Å². The highest BCUT2D eigenvalue weighted by atomic mass is 16.5. The van der Waals surface area contributed by atoms with E-state index in [0.29, 0.717) is 34.5 Å². The van der Waals surface area contributed by atoms with E-state index in [-0.39, 0.29) is 5.76 Å². The molecule has 0 spiro atoms. The van der Waals surface area contributed by atoms with E-state index in [0.717, 1.165) is 5.56 Å². The molecule has 0 radical (unpaired) electrons. The van der Waals surface area contributed by atoms with Crippen molar-refractivity contribution >= 4 is 12.3 Å². The summed E-state index contributed by atoms with van der Waals surface area (Å²) in [5.74, 6) is 0.981.